The van der Waals surface area contributed by atoms with Crippen molar-refractivity contribution >= 4 is 39.2 Å². The van der Waals surface area contributed by atoms with Crippen LogP contribution < -0.4 is 10.6 Å². The number of nitrogens with one attached hydrogen (secondary N) is 2. The predicted octanol–water partition coefficient (Wildman–Crippen LogP) is 5.12. The molecule has 0 aliphatic rings. The minimum absolute atomic E-state index is 0.0597. The zero-order valence-electron chi connectivity index (χ0n) is 17.5. The first-order valence-electron chi connectivity index (χ1n) is 9.91. The van der Waals surface area contributed by atoms with Crippen molar-refractivity contribution in [1.82, 2.24) is 15.3 Å². The Morgan fingerprint density at radius 1 is 1.03 bits per heavy atom. The summed E-state index contributed by atoms with van der Waals surface area (Å²) >= 11 is 1.38. The summed E-state index contributed by atoms with van der Waals surface area (Å²) in [5.74, 6) is -0.268. The molecule has 1 atom stereocenters. The maximum atomic E-state index is 12.9. The van der Waals surface area contributed by atoms with Crippen LogP contribution in [0.3, 0.4) is 0 Å². The number of anilines is 1. The highest BCUT2D eigenvalue weighted by molar-refractivity contribution is 7.14. The fraction of sp³-hybridized carbons (Fsp3) is 0.167. The Bertz CT molecular complexity index is 1260. The van der Waals surface area contributed by atoms with E-state index in [-0.39, 0.29) is 17.9 Å². The van der Waals surface area contributed by atoms with Gasteiger partial charge in [0.15, 0.2) is 5.13 Å². The van der Waals surface area contributed by atoms with Crippen molar-refractivity contribution < 1.29 is 9.59 Å². The molecule has 31 heavy (non-hydrogen) atoms. The molecule has 0 saturated heterocycles. The van der Waals surface area contributed by atoms with Gasteiger partial charge < -0.3 is 5.32 Å². The number of fused-ring (bicyclic) bond motifs is 1. The first kappa shape index (κ1) is 20.7. The Labute approximate surface area is 184 Å². The number of para-hydroxylation sites is 1. The maximum absolute atomic E-state index is 12.9. The van der Waals surface area contributed by atoms with Crippen LogP contribution in [-0.2, 0) is 4.79 Å². The molecule has 0 bridgehead atoms. The third-order valence-corrected chi connectivity index (χ3v) is 5.70. The number of amides is 2. The molecule has 1 unspecified atom stereocenters. The summed E-state index contributed by atoms with van der Waals surface area (Å²) in [6, 6.07) is 17.2. The lowest BCUT2D eigenvalue weighted by Crippen LogP contribution is -2.23. The zero-order chi connectivity index (χ0) is 22.0. The number of pyridine rings is 1. The minimum atomic E-state index is -0.206. The average Bonchev–Trinajstić information content (AvgIpc) is 3.21. The molecule has 2 N–H and O–H groups in total. The summed E-state index contributed by atoms with van der Waals surface area (Å²) in [5.41, 5.74) is 4.91. The van der Waals surface area contributed by atoms with Crippen LogP contribution in [0.1, 0.15) is 41.5 Å². The molecule has 0 fully saturated rings. The molecule has 2 aromatic heterocycles. The van der Waals surface area contributed by atoms with Gasteiger partial charge >= 0.3 is 0 Å². The number of carbonyl (C=O) groups excluding carboxylic acids is 2. The largest absolute Gasteiger partial charge is 0.350 e. The summed E-state index contributed by atoms with van der Waals surface area (Å²) in [4.78, 5) is 33.2. The van der Waals surface area contributed by atoms with Crippen LogP contribution in [0.25, 0.3) is 22.2 Å². The topological polar surface area (TPSA) is 84.0 Å². The fourth-order valence-electron chi connectivity index (χ4n) is 3.45. The third kappa shape index (κ3) is 4.62. The van der Waals surface area contributed by atoms with Crippen LogP contribution in [0.2, 0.25) is 0 Å². The van der Waals surface area contributed by atoms with Gasteiger partial charge in [0.25, 0.3) is 5.91 Å². The van der Waals surface area contributed by atoms with Crippen LogP contribution in [0.4, 0.5) is 5.13 Å². The monoisotopic (exact) mass is 430 g/mol. The number of thiazole rings is 1. The number of aromatic nitrogens is 2. The predicted molar refractivity (Wildman–Crippen MR) is 124 cm³/mol. The van der Waals surface area contributed by atoms with E-state index in [4.69, 9.17) is 0 Å². The lowest BCUT2D eigenvalue weighted by atomic mass is 10.1. The van der Waals surface area contributed by atoms with E-state index < -0.39 is 0 Å². The summed E-state index contributed by atoms with van der Waals surface area (Å²) in [6.45, 7) is 5.32. The summed E-state index contributed by atoms with van der Waals surface area (Å²) in [6.07, 6.45) is 0. The molecule has 0 aliphatic carbocycles. The molecule has 156 valence electrons. The van der Waals surface area contributed by atoms with E-state index in [1.807, 2.05) is 67.8 Å². The van der Waals surface area contributed by atoms with Crippen molar-refractivity contribution in [2.75, 3.05) is 5.32 Å². The first-order valence-corrected chi connectivity index (χ1v) is 10.8. The summed E-state index contributed by atoms with van der Waals surface area (Å²) in [7, 11) is 0. The molecule has 2 aromatic carbocycles. The van der Waals surface area contributed by atoms with E-state index in [0.29, 0.717) is 10.7 Å². The lowest BCUT2D eigenvalue weighted by Gasteiger charge is -2.13. The fourth-order valence-corrected chi connectivity index (χ4v) is 4.17. The molecular formula is C24H22N4O2S. The highest BCUT2D eigenvalue weighted by atomic mass is 32.1. The summed E-state index contributed by atoms with van der Waals surface area (Å²) in [5, 5.41) is 9.05. The van der Waals surface area contributed by atoms with Gasteiger partial charge in [-0.05, 0) is 31.5 Å². The van der Waals surface area contributed by atoms with Crippen molar-refractivity contribution in [2.24, 2.45) is 0 Å². The summed E-state index contributed by atoms with van der Waals surface area (Å²) < 4.78 is 0. The second-order valence-electron chi connectivity index (χ2n) is 7.36. The van der Waals surface area contributed by atoms with Gasteiger partial charge in [-0.3, -0.25) is 19.9 Å². The average molecular weight is 431 g/mol. The van der Waals surface area contributed by atoms with E-state index in [1.165, 1.54) is 18.3 Å². The van der Waals surface area contributed by atoms with Gasteiger partial charge in [-0.1, -0.05) is 42.5 Å². The number of rotatable bonds is 5. The smallest absolute Gasteiger partial charge is 0.258 e. The SMILES string of the molecule is CC(=O)NC(C)c1ccc(-c2csc(NC(=O)c3cc(C)nc4ccccc34)n2)cc1. The molecule has 0 radical (unpaired) electrons. The van der Waals surface area contributed by atoms with Crippen LogP contribution in [0, 0.1) is 6.92 Å². The first-order chi connectivity index (χ1) is 14.9. The molecule has 2 amide bonds. The van der Waals surface area contributed by atoms with Gasteiger partial charge in [-0.15, -0.1) is 11.3 Å². The highest BCUT2D eigenvalue weighted by Crippen LogP contribution is 2.27. The Morgan fingerprint density at radius 2 is 1.77 bits per heavy atom. The van der Waals surface area contributed by atoms with Gasteiger partial charge in [0.05, 0.1) is 22.8 Å². The molecular weight excluding hydrogens is 408 g/mol. The molecule has 0 spiro atoms. The van der Waals surface area contributed by atoms with Crippen molar-refractivity contribution in [3.8, 4) is 11.3 Å². The standard InChI is InChI=1S/C24H22N4O2S/c1-14-12-20(19-6-4-5-7-21(19)25-14)23(30)28-24-27-22(13-31-24)18-10-8-17(9-11-18)15(2)26-16(3)29/h4-13,15H,1-3H3,(H,26,29)(H,27,28,30). The molecule has 6 nitrogen and oxygen atoms in total. The van der Waals surface area contributed by atoms with Crippen LogP contribution in [0.5, 0.6) is 0 Å². The Hall–Kier alpha value is -3.58. The van der Waals surface area contributed by atoms with Crippen molar-refractivity contribution in [1.29, 1.82) is 0 Å². The highest BCUT2D eigenvalue weighted by Gasteiger charge is 2.14. The van der Waals surface area contributed by atoms with Gasteiger partial charge in [0, 0.05) is 28.9 Å². The van der Waals surface area contributed by atoms with E-state index in [0.717, 1.165) is 33.4 Å². The van der Waals surface area contributed by atoms with E-state index in [2.05, 4.69) is 20.6 Å². The molecule has 4 aromatic rings. The minimum Gasteiger partial charge on any atom is -0.350 e. The normalized spacial score (nSPS) is 11.8. The number of hydrogen-bond acceptors (Lipinski definition) is 5. The molecule has 0 saturated carbocycles. The number of aryl methyl sites for hydroxylation is 1. The van der Waals surface area contributed by atoms with Crippen molar-refractivity contribution in [3.63, 3.8) is 0 Å². The van der Waals surface area contributed by atoms with Crippen LogP contribution >= 0.6 is 11.3 Å². The van der Waals surface area contributed by atoms with Crippen molar-refractivity contribution in [3.05, 3.63) is 76.8 Å². The molecule has 2 heterocycles. The van der Waals surface area contributed by atoms with Crippen LogP contribution in [-0.4, -0.2) is 21.8 Å². The second-order valence-corrected chi connectivity index (χ2v) is 8.22. The van der Waals surface area contributed by atoms with Gasteiger partial charge in [0.1, 0.15) is 0 Å². The van der Waals surface area contributed by atoms with E-state index >= 15 is 0 Å². The number of hydrogen-bond donors (Lipinski definition) is 2. The number of benzene rings is 2. The third-order valence-electron chi connectivity index (χ3n) is 4.94. The van der Waals surface area contributed by atoms with E-state index in [9.17, 15) is 9.59 Å². The molecule has 4 rings (SSSR count). The van der Waals surface area contributed by atoms with Crippen molar-refractivity contribution in [2.45, 2.75) is 26.8 Å². The number of nitrogens with zero attached hydrogens (tertiary/aromatic N) is 2. The zero-order valence-corrected chi connectivity index (χ0v) is 18.3. The lowest BCUT2D eigenvalue weighted by molar-refractivity contribution is -0.119. The van der Waals surface area contributed by atoms with Gasteiger partial charge in [0.2, 0.25) is 5.91 Å². The molecule has 7 heteroatoms. The Morgan fingerprint density at radius 3 is 2.52 bits per heavy atom. The Balaban J connectivity index is 1.52. The van der Waals surface area contributed by atoms with Gasteiger partial charge in [-0.25, -0.2) is 4.98 Å². The van der Waals surface area contributed by atoms with E-state index in [1.54, 1.807) is 6.07 Å². The maximum Gasteiger partial charge on any atom is 0.258 e. The van der Waals surface area contributed by atoms with Gasteiger partial charge in [-0.2, -0.15) is 0 Å². The number of carbonyl (C=O) groups is 2. The molecule has 0 aliphatic heterocycles. The second kappa shape index (κ2) is 8.65. The Kier molecular flexibility index (Phi) is 5.77. The quantitative estimate of drug-likeness (QED) is 0.460. The van der Waals surface area contributed by atoms with Crippen LogP contribution in [0.15, 0.2) is 60.0 Å².